The summed E-state index contributed by atoms with van der Waals surface area (Å²) in [6.07, 6.45) is 1.98. The van der Waals surface area contributed by atoms with Gasteiger partial charge in [-0.15, -0.1) is 0 Å². The van der Waals surface area contributed by atoms with Crippen LogP contribution in [0, 0.1) is 23.7 Å². The summed E-state index contributed by atoms with van der Waals surface area (Å²) in [4.78, 5) is 0. The van der Waals surface area contributed by atoms with E-state index in [-0.39, 0.29) is 5.56 Å². The van der Waals surface area contributed by atoms with E-state index in [2.05, 4.69) is 5.32 Å². The van der Waals surface area contributed by atoms with Crippen LogP contribution in [-0.4, -0.2) is 6.04 Å². The van der Waals surface area contributed by atoms with E-state index in [1.807, 2.05) is 12.1 Å². The molecule has 3 aliphatic rings. The van der Waals surface area contributed by atoms with Crippen LogP contribution in [0.5, 0.6) is 0 Å². The molecule has 0 amide bonds. The lowest BCUT2D eigenvalue weighted by molar-refractivity contribution is 0.151. The van der Waals surface area contributed by atoms with Crippen LogP contribution in [0.25, 0.3) is 0 Å². The second kappa shape index (κ2) is 4.27. The summed E-state index contributed by atoms with van der Waals surface area (Å²) < 4.78 is 24.9. The van der Waals surface area contributed by atoms with Gasteiger partial charge in [0.1, 0.15) is 0 Å². The lowest BCUT2D eigenvalue weighted by atomic mass is 10.0. The van der Waals surface area contributed by atoms with Gasteiger partial charge in [-0.3, -0.25) is 0 Å². The van der Waals surface area contributed by atoms with Crippen LogP contribution < -0.4 is 5.32 Å². The lowest BCUT2D eigenvalue weighted by Gasteiger charge is -2.11. The fourth-order valence-corrected chi connectivity index (χ4v) is 4.61. The normalized spacial score (nSPS) is 38.8. The first-order chi connectivity index (χ1) is 9.24. The largest absolute Gasteiger partial charge is 0.309 e. The summed E-state index contributed by atoms with van der Waals surface area (Å²) in [5, 5.41) is 3.64. The van der Waals surface area contributed by atoms with Crippen molar-refractivity contribution in [2.75, 3.05) is 0 Å². The molecule has 4 unspecified atom stereocenters. The number of halogens is 2. The zero-order valence-electron chi connectivity index (χ0n) is 10.9. The molecule has 4 atom stereocenters. The van der Waals surface area contributed by atoms with Gasteiger partial charge in [0, 0.05) is 18.2 Å². The number of nitrogens with one attached hydrogen (secondary N) is 1. The predicted molar refractivity (Wildman–Crippen MR) is 69.8 cm³/mol. The molecule has 0 spiro atoms. The van der Waals surface area contributed by atoms with Crippen molar-refractivity contribution in [3.8, 4) is 0 Å². The summed E-state index contributed by atoms with van der Waals surface area (Å²) >= 11 is 0. The Balaban J connectivity index is 1.34. The molecule has 3 aliphatic carbocycles. The first kappa shape index (κ1) is 11.8. The molecule has 0 heterocycles. The van der Waals surface area contributed by atoms with E-state index in [4.69, 9.17) is 0 Å². The molecular formula is C16H19F2N. The standard InChI is InChI=1S/C16H19F2N/c17-16(18)10-3-1-9(2-4-10)8-19-15-13-11-5-6-12(7-11)14(13)15/h1-4,11-16,19H,5-8H2. The fraction of sp³-hybridized carbons (Fsp3) is 0.625. The third kappa shape index (κ3) is 1.90. The highest BCUT2D eigenvalue weighted by Gasteiger charge is 2.64. The second-order valence-electron chi connectivity index (χ2n) is 6.44. The minimum atomic E-state index is -2.36. The highest BCUT2D eigenvalue weighted by Crippen LogP contribution is 2.65. The van der Waals surface area contributed by atoms with E-state index < -0.39 is 6.43 Å². The topological polar surface area (TPSA) is 12.0 Å². The van der Waals surface area contributed by atoms with E-state index in [9.17, 15) is 8.78 Å². The Morgan fingerprint density at radius 2 is 1.68 bits per heavy atom. The van der Waals surface area contributed by atoms with E-state index in [0.29, 0.717) is 6.04 Å². The highest BCUT2D eigenvalue weighted by atomic mass is 19.3. The van der Waals surface area contributed by atoms with Gasteiger partial charge < -0.3 is 5.32 Å². The molecule has 4 rings (SSSR count). The van der Waals surface area contributed by atoms with Crippen LogP contribution in [0.1, 0.15) is 36.8 Å². The first-order valence-corrected chi connectivity index (χ1v) is 7.34. The maximum absolute atomic E-state index is 12.5. The number of hydrogen-bond donors (Lipinski definition) is 1. The summed E-state index contributed by atoms with van der Waals surface area (Å²) in [7, 11) is 0. The van der Waals surface area contributed by atoms with Gasteiger partial charge >= 0.3 is 0 Å². The first-order valence-electron chi connectivity index (χ1n) is 7.34. The molecule has 3 saturated carbocycles. The molecule has 1 aromatic carbocycles. The van der Waals surface area contributed by atoms with E-state index in [1.54, 1.807) is 12.1 Å². The van der Waals surface area contributed by atoms with Gasteiger partial charge in [0.05, 0.1) is 0 Å². The van der Waals surface area contributed by atoms with Gasteiger partial charge in [-0.2, -0.15) is 0 Å². The van der Waals surface area contributed by atoms with Gasteiger partial charge in [-0.1, -0.05) is 24.3 Å². The molecule has 1 aromatic rings. The van der Waals surface area contributed by atoms with Gasteiger partial charge in [-0.25, -0.2) is 8.78 Å². The molecule has 102 valence electrons. The molecule has 3 heteroatoms. The van der Waals surface area contributed by atoms with Crippen molar-refractivity contribution in [3.63, 3.8) is 0 Å². The number of hydrogen-bond acceptors (Lipinski definition) is 1. The fourth-order valence-electron chi connectivity index (χ4n) is 4.61. The van der Waals surface area contributed by atoms with E-state index in [0.717, 1.165) is 35.8 Å². The maximum atomic E-state index is 12.5. The molecule has 0 aliphatic heterocycles. The molecule has 0 radical (unpaired) electrons. The SMILES string of the molecule is FC(F)c1ccc(CNC2C3C4CCC(C4)C23)cc1. The van der Waals surface area contributed by atoms with Crippen molar-refractivity contribution >= 4 is 0 Å². The summed E-state index contributed by atoms with van der Waals surface area (Å²) in [6, 6.07) is 7.43. The predicted octanol–water partition coefficient (Wildman–Crippen LogP) is 3.76. The second-order valence-corrected chi connectivity index (χ2v) is 6.44. The van der Waals surface area contributed by atoms with E-state index >= 15 is 0 Å². The summed E-state index contributed by atoms with van der Waals surface area (Å²) in [5.41, 5.74) is 1.23. The van der Waals surface area contributed by atoms with Crippen LogP contribution in [0.2, 0.25) is 0 Å². The van der Waals surface area contributed by atoms with Crippen molar-refractivity contribution in [3.05, 3.63) is 35.4 Å². The molecule has 0 saturated heterocycles. The van der Waals surface area contributed by atoms with Crippen molar-refractivity contribution in [2.45, 2.75) is 38.3 Å². The zero-order chi connectivity index (χ0) is 13.0. The van der Waals surface area contributed by atoms with Crippen LogP contribution in [0.4, 0.5) is 8.78 Å². The Labute approximate surface area is 112 Å². The minimum Gasteiger partial charge on any atom is -0.309 e. The zero-order valence-corrected chi connectivity index (χ0v) is 10.9. The molecule has 19 heavy (non-hydrogen) atoms. The third-order valence-corrected chi connectivity index (χ3v) is 5.51. The van der Waals surface area contributed by atoms with E-state index in [1.165, 1.54) is 19.3 Å². The van der Waals surface area contributed by atoms with Gasteiger partial charge in [-0.05, 0) is 48.5 Å². The van der Waals surface area contributed by atoms with Crippen molar-refractivity contribution in [1.29, 1.82) is 0 Å². The van der Waals surface area contributed by atoms with Gasteiger partial charge in [0.2, 0.25) is 0 Å². The van der Waals surface area contributed by atoms with Crippen molar-refractivity contribution in [2.24, 2.45) is 23.7 Å². The smallest absolute Gasteiger partial charge is 0.263 e. The monoisotopic (exact) mass is 263 g/mol. The van der Waals surface area contributed by atoms with Crippen molar-refractivity contribution < 1.29 is 8.78 Å². The number of alkyl halides is 2. The Hall–Kier alpha value is -0.960. The summed E-state index contributed by atoms with van der Waals surface area (Å²) in [5.74, 6) is 3.82. The average molecular weight is 263 g/mol. The van der Waals surface area contributed by atoms with Crippen LogP contribution >= 0.6 is 0 Å². The highest BCUT2D eigenvalue weighted by molar-refractivity contribution is 5.24. The Morgan fingerprint density at radius 1 is 1.05 bits per heavy atom. The number of benzene rings is 1. The lowest BCUT2D eigenvalue weighted by Crippen LogP contribution is -2.22. The third-order valence-electron chi connectivity index (χ3n) is 5.51. The molecule has 1 N–H and O–H groups in total. The Morgan fingerprint density at radius 3 is 2.26 bits per heavy atom. The van der Waals surface area contributed by atoms with Gasteiger partial charge in [0.25, 0.3) is 6.43 Å². The molecule has 3 fully saturated rings. The van der Waals surface area contributed by atoms with Crippen LogP contribution in [-0.2, 0) is 6.54 Å². The Kier molecular flexibility index (Phi) is 2.66. The van der Waals surface area contributed by atoms with Crippen molar-refractivity contribution in [1.82, 2.24) is 5.32 Å². The quantitative estimate of drug-likeness (QED) is 0.872. The number of fused-ring (bicyclic) bond motifs is 5. The average Bonchev–Trinajstić information content (AvgIpc) is 2.80. The maximum Gasteiger partial charge on any atom is 0.263 e. The Bertz CT molecular complexity index is 454. The van der Waals surface area contributed by atoms with Gasteiger partial charge in [0.15, 0.2) is 0 Å². The molecule has 1 nitrogen and oxygen atoms in total. The molecule has 0 aromatic heterocycles. The van der Waals surface area contributed by atoms with Crippen LogP contribution in [0.15, 0.2) is 24.3 Å². The minimum absolute atomic E-state index is 0.116. The molecular weight excluding hydrogens is 244 g/mol. The summed E-state index contributed by atoms with van der Waals surface area (Å²) in [6.45, 7) is 0.820. The van der Waals surface area contributed by atoms with Crippen LogP contribution in [0.3, 0.4) is 0 Å². The molecule has 2 bridgehead atoms. The number of rotatable bonds is 4.